The Hall–Kier alpha value is -2.74. The Morgan fingerprint density at radius 2 is 1.75 bits per heavy atom. The highest BCUT2D eigenvalue weighted by molar-refractivity contribution is 8.15. The highest BCUT2D eigenvalue weighted by atomic mass is 32.2. The fourth-order valence-electron chi connectivity index (χ4n) is 2.84. The molecule has 2 amide bonds. The van der Waals surface area contributed by atoms with Gasteiger partial charge in [0.25, 0.3) is 5.24 Å². The fourth-order valence-corrected chi connectivity index (χ4v) is 3.89. The molecule has 2 aromatic carbocycles. The van der Waals surface area contributed by atoms with E-state index in [2.05, 4.69) is 0 Å². The van der Waals surface area contributed by atoms with E-state index in [9.17, 15) is 14.0 Å². The number of methoxy groups -OCH3 is 2. The standard InChI is InChI=1S/C20H20FNO5S/c1-25-16-8-3-13(11-17(16)26-2)12-18-19(23)22(20(24)28-18)9-10-27-15-6-4-14(21)5-7-15/h3-8,11,18H,9-10,12H2,1-2H3/t18-/m1/s1. The first-order chi connectivity index (χ1) is 13.5. The zero-order chi connectivity index (χ0) is 20.1. The van der Waals surface area contributed by atoms with Gasteiger partial charge in [0, 0.05) is 0 Å². The molecule has 1 aliphatic heterocycles. The van der Waals surface area contributed by atoms with Crippen molar-refractivity contribution >= 4 is 22.9 Å². The maximum absolute atomic E-state index is 12.9. The second-order valence-corrected chi connectivity index (χ2v) is 7.21. The number of amides is 2. The number of thioether (sulfide) groups is 1. The van der Waals surface area contributed by atoms with Crippen molar-refractivity contribution in [3.05, 3.63) is 53.8 Å². The van der Waals surface area contributed by atoms with Crippen LogP contribution in [0.3, 0.4) is 0 Å². The lowest BCUT2D eigenvalue weighted by Gasteiger charge is -2.15. The second-order valence-electron chi connectivity index (χ2n) is 6.06. The summed E-state index contributed by atoms with van der Waals surface area (Å²) < 4.78 is 28.9. The summed E-state index contributed by atoms with van der Waals surface area (Å²) >= 11 is 1.01. The van der Waals surface area contributed by atoms with Crippen LogP contribution < -0.4 is 14.2 Å². The van der Waals surface area contributed by atoms with Crippen molar-refractivity contribution in [2.45, 2.75) is 11.7 Å². The highest BCUT2D eigenvalue weighted by Crippen LogP contribution is 2.32. The summed E-state index contributed by atoms with van der Waals surface area (Å²) in [7, 11) is 3.10. The molecule has 1 atom stereocenters. The largest absolute Gasteiger partial charge is 0.493 e. The molecule has 0 bridgehead atoms. The molecule has 3 rings (SSSR count). The lowest BCUT2D eigenvalue weighted by Crippen LogP contribution is -2.35. The first-order valence-electron chi connectivity index (χ1n) is 8.63. The van der Waals surface area contributed by atoms with Gasteiger partial charge in [-0.15, -0.1) is 0 Å². The lowest BCUT2D eigenvalue weighted by molar-refractivity contribution is -0.126. The van der Waals surface area contributed by atoms with Crippen LogP contribution in [0, 0.1) is 5.82 Å². The smallest absolute Gasteiger partial charge is 0.289 e. The molecule has 1 heterocycles. The van der Waals surface area contributed by atoms with Crippen molar-refractivity contribution in [3.63, 3.8) is 0 Å². The zero-order valence-electron chi connectivity index (χ0n) is 15.5. The van der Waals surface area contributed by atoms with Crippen LogP contribution in [-0.2, 0) is 11.2 Å². The Morgan fingerprint density at radius 3 is 2.43 bits per heavy atom. The summed E-state index contributed by atoms with van der Waals surface area (Å²) in [4.78, 5) is 26.0. The monoisotopic (exact) mass is 405 g/mol. The number of imide groups is 1. The Balaban J connectivity index is 1.57. The summed E-state index contributed by atoms with van der Waals surface area (Å²) in [5.41, 5.74) is 0.876. The number of hydrogen-bond acceptors (Lipinski definition) is 6. The molecule has 1 saturated heterocycles. The van der Waals surface area contributed by atoms with Crippen LogP contribution in [0.1, 0.15) is 5.56 Å². The maximum atomic E-state index is 12.9. The molecule has 0 aromatic heterocycles. The van der Waals surface area contributed by atoms with Gasteiger partial charge in [-0.25, -0.2) is 4.39 Å². The van der Waals surface area contributed by atoms with Crippen molar-refractivity contribution < 1.29 is 28.2 Å². The molecular formula is C20H20FNO5S. The number of halogens is 1. The van der Waals surface area contributed by atoms with Crippen LogP contribution in [0.15, 0.2) is 42.5 Å². The third-order valence-electron chi connectivity index (χ3n) is 4.27. The van der Waals surface area contributed by atoms with E-state index in [1.54, 1.807) is 26.4 Å². The Bertz CT molecular complexity index is 858. The number of nitrogens with zero attached hydrogens (tertiary/aromatic N) is 1. The maximum Gasteiger partial charge on any atom is 0.289 e. The first kappa shape index (κ1) is 20.0. The first-order valence-corrected chi connectivity index (χ1v) is 9.51. The predicted octanol–water partition coefficient (Wildman–Crippen LogP) is 3.53. The quantitative estimate of drug-likeness (QED) is 0.670. The summed E-state index contributed by atoms with van der Waals surface area (Å²) in [5.74, 6) is 1.06. The van der Waals surface area contributed by atoms with Gasteiger partial charge in [-0.05, 0) is 48.4 Å². The van der Waals surface area contributed by atoms with E-state index in [1.165, 1.54) is 29.2 Å². The molecule has 1 aliphatic rings. The molecule has 0 unspecified atom stereocenters. The van der Waals surface area contributed by atoms with E-state index in [-0.39, 0.29) is 30.1 Å². The molecule has 0 saturated carbocycles. The van der Waals surface area contributed by atoms with Gasteiger partial charge in [0.1, 0.15) is 18.2 Å². The van der Waals surface area contributed by atoms with Crippen LogP contribution in [0.5, 0.6) is 17.2 Å². The number of hydrogen-bond donors (Lipinski definition) is 0. The highest BCUT2D eigenvalue weighted by Gasteiger charge is 2.39. The average molecular weight is 405 g/mol. The molecule has 1 fully saturated rings. The van der Waals surface area contributed by atoms with E-state index in [0.717, 1.165) is 17.3 Å². The number of carbonyl (C=O) groups excluding carboxylic acids is 2. The average Bonchev–Trinajstić information content (AvgIpc) is 2.96. The molecule has 28 heavy (non-hydrogen) atoms. The van der Waals surface area contributed by atoms with E-state index < -0.39 is 5.25 Å². The van der Waals surface area contributed by atoms with Crippen molar-refractivity contribution in [2.24, 2.45) is 0 Å². The van der Waals surface area contributed by atoms with Gasteiger partial charge >= 0.3 is 0 Å². The van der Waals surface area contributed by atoms with Gasteiger partial charge in [0.15, 0.2) is 11.5 Å². The number of rotatable bonds is 8. The minimum absolute atomic E-state index is 0.143. The second kappa shape index (κ2) is 8.97. The molecule has 148 valence electrons. The zero-order valence-corrected chi connectivity index (χ0v) is 16.3. The number of ether oxygens (including phenoxy) is 3. The van der Waals surface area contributed by atoms with Crippen LogP contribution in [0.25, 0.3) is 0 Å². The Morgan fingerprint density at radius 1 is 1.04 bits per heavy atom. The van der Waals surface area contributed by atoms with Gasteiger partial charge in [-0.3, -0.25) is 14.5 Å². The summed E-state index contributed by atoms with van der Waals surface area (Å²) in [6, 6.07) is 11.0. The lowest BCUT2D eigenvalue weighted by atomic mass is 10.1. The van der Waals surface area contributed by atoms with Gasteiger partial charge in [-0.1, -0.05) is 17.8 Å². The van der Waals surface area contributed by atoms with E-state index in [1.807, 2.05) is 6.07 Å². The molecule has 8 heteroatoms. The summed E-state index contributed by atoms with van der Waals surface area (Å²) in [6.45, 7) is 0.289. The van der Waals surface area contributed by atoms with E-state index in [4.69, 9.17) is 14.2 Å². The van der Waals surface area contributed by atoms with Crippen LogP contribution in [0.2, 0.25) is 0 Å². The normalized spacial score (nSPS) is 16.4. The van der Waals surface area contributed by atoms with Crippen molar-refractivity contribution in [1.29, 1.82) is 0 Å². The van der Waals surface area contributed by atoms with Crippen molar-refractivity contribution in [3.8, 4) is 17.2 Å². The molecular weight excluding hydrogens is 385 g/mol. The third kappa shape index (κ3) is 4.56. The van der Waals surface area contributed by atoms with Crippen LogP contribution in [-0.4, -0.2) is 48.7 Å². The summed E-state index contributed by atoms with van der Waals surface area (Å²) in [5, 5.41) is -0.783. The summed E-state index contributed by atoms with van der Waals surface area (Å²) in [6.07, 6.45) is 0.408. The third-order valence-corrected chi connectivity index (χ3v) is 5.35. The van der Waals surface area contributed by atoms with Crippen LogP contribution >= 0.6 is 11.8 Å². The van der Waals surface area contributed by atoms with E-state index in [0.29, 0.717) is 23.7 Å². The van der Waals surface area contributed by atoms with E-state index >= 15 is 0 Å². The Kier molecular flexibility index (Phi) is 6.41. The Labute approximate surface area is 166 Å². The number of benzene rings is 2. The molecule has 2 aromatic rings. The fraction of sp³-hybridized carbons (Fsp3) is 0.300. The minimum Gasteiger partial charge on any atom is -0.493 e. The minimum atomic E-state index is -0.489. The van der Waals surface area contributed by atoms with Crippen molar-refractivity contribution in [2.75, 3.05) is 27.4 Å². The van der Waals surface area contributed by atoms with Crippen LogP contribution in [0.4, 0.5) is 9.18 Å². The molecule has 6 nitrogen and oxygen atoms in total. The van der Waals surface area contributed by atoms with Gasteiger partial charge in [0.2, 0.25) is 5.91 Å². The van der Waals surface area contributed by atoms with Gasteiger partial charge in [0.05, 0.1) is 26.0 Å². The number of carbonyl (C=O) groups is 2. The molecule has 0 spiro atoms. The van der Waals surface area contributed by atoms with Gasteiger partial charge < -0.3 is 14.2 Å². The molecule has 0 radical (unpaired) electrons. The molecule has 0 N–H and O–H groups in total. The topological polar surface area (TPSA) is 65.1 Å². The van der Waals surface area contributed by atoms with Crippen molar-refractivity contribution in [1.82, 2.24) is 4.90 Å². The SMILES string of the molecule is COc1ccc(C[C@H]2SC(=O)N(CCOc3ccc(F)cc3)C2=O)cc1OC. The molecule has 0 aliphatic carbocycles. The predicted molar refractivity (Wildman–Crippen MR) is 104 cm³/mol. The van der Waals surface area contributed by atoms with Gasteiger partial charge in [-0.2, -0.15) is 0 Å².